The number of carbonyl (C=O) groups excluding carboxylic acids is 3. The summed E-state index contributed by atoms with van der Waals surface area (Å²) in [4.78, 5) is 37.5. The zero-order chi connectivity index (χ0) is 27.2. The molecule has 3 rings (SSSR count). The predicted molar refractivity (Wildman–Crippen MR) is 151 cm³/mol. The van der Waals surface area contributed by atoms with Crippen molar-refractivity contribution in [3.05, 3.63) is 93.5 Å². The van der Waals surface area contributed by atoms with Crippen LogP contribution < -0.4 is 26.2 Å². The maximum absolute atomic E-state index is 12.6. The average molecular weight is 584 g/mol. The molecule has 0 heterocycles. The Hall–Kier alpha value is -3.76. The van der Waals surface area contributed by atoms with E-state index in [0.29, 0.717) is 27.0 Å². The minimum Gasteiger partial charge on any atom is -0.496 e. The van der Waals surface area contributed by atoms with Crippen LogP contribution >= 0.6 is 28.1 Å². The Kier molecular flexibility index (Phi) is 9.01. The normalized spacial score (nSPS) is 10.7. The van der Waals surface area contributed by atoms with E-state index in [1.165, 1.54) is 7.11 Å². The molecule has 0 aliphatic heterocycles. The molecule has 0 aliphatic rings. The molecule has 37 heavy (non-hydrogen) atoms. The maximum atomic E-state index is 12.6. The first-order valence-corrected chi connectivity index (χ1v) is 12.4. The monoisotopic (exact) mass is 582 g/mol. The number of ether oxygens (including phenoxy) is 1. The molecule has 3 aromatic rings. The Balaban J connectivity index is 1.52. The Bertz CT molecular complexity index is 1320. The van der Waals surface area contributed by atoms with Gasteiger partial charge < -0.3 is 10.1 Å². The van der Waals surface area contributed by atoms with Gasteiger partial charge in [-0.25, -0.2) is 0 Å². The van der Waals surface area contributed by atoms with E-state index in [9.17, 15) is 14.4 Å². The van der Waals surface area contributed by atoms with Gasteiger partial charge in [-0.3, -0.25) is 30.6 Å². The Labute approximate surface area is 229 Å². The summed E-state index contributed by atoms with van der Waals surface area (Å²) in [7, 11) is 1.46. The summed E-state index contributed by atoms with van der Waals surface area (Å²) in [6.45, 7) is 6.33. The number of thiocarbonyl (C=S) groups is 1. The minimum absolute atomic E-state index is 0.00243. The molecular formula is C27H27BrN4O4S. The third-order valence-electron chi connectivity index (χ3n) is 5.34. The van der Waals surface area contributed by atoms with Crippen LogP contribution in [-0.4, -0.2) is 29.9 Å². The van der Waals surface area contributed by atoms with Crippen molar-refractivity contribution in [3.63, 3.8) is 0 Å². The van der Waals surface area contributed by atoms with Crippen LogP contribution in [-0.2, 0) is 5.41 Å². The van der Waals surface area contributed by atoms with Crippen LogP contribution in [0.5, 0.6) is 5.75 Å². The fourth-order valence-electron chi connectivity index (χ4n) is 3.27. The summed E-state index contributed by atoms with van der Waals surface area (Å²) in [6.07, 6.45) is 0. The van der Waals surface area contributed by atoms with Gasteiger partial charge in [-0.1, -0.05) is 48.8 Å². The second kappa shape index (κ2) is 12.0. The molecule has 0 atom stereocenters. The van der Waals surface area contributed by atoms with E-state index in [2.05, 4.69) is 58.2 Å². The molecule has 0 aromatic heterocycles. The molecule has 0 saturated carbocycles. The van der Waals surface area contributed by atoms with Gasteiger partial charge in [0.15, 0.2) is 5.11 Å². The minimum atomic E-state index is -0.502. The second-order valence-corrected chi connectivity index (χ2v) is 10.4. The van der Waals surface area contributed by atoms with Gasteiger partial charge in [0.05, 0.1) is 12.7 Å². The number of hydrogen-bond acceptors (Lipinski definition) is 5. The van der Waals surface area contributed by atoms with Gasteiger partial charge in [0.1, 0.15) is 5.75 Å². The summed E-state index contributed by atoms with van der Waals surface area (Å²) in [5.74, 6) is -0.852. The number of benzene rings is 3. The van der Waals surface area contributed by atoms with Gasteiger partial charge in [0, 0.05) is 21.3 Å². The Morgan fingerprint density at radius 3 is 2.00 bits per heavy atom. The second-order valence-electron chi connectivity index (χ2n) is 9.07. The fourth-order valence-corrected chi connectivity index (χ4v) is 3.78. The Morgan fingerprint density at radius 2 is 1.41 bits per heavy atom. The van der Waals surface area contributed by atoms with Crippen molar-refractivity contribution in [2.45, 2.75) is 26.2 Å². The van der Waals surface area contributed by atoms with Crippen LogP contribution in [0.3, 0.4) is 0 Å². The van der Waals surface area contributed by atoms with E-state index >= 15 is 0 Å². The van der Waals surface area contributed by atoms with Crippen molar-refractivity contribution in [3.8, 4) is 5.75 Å². The molecule has 3 amide bonds. The van der Waals surface area contributed by atoms with Gasteiger partial charge in [-0.2, -0.15) is 0 Å². The number of amides is 3. The van der Waals surface area contributed by atoms with Gasteiger partial charge in [-0.05, 0) is 77.8 Å². The number of nitrogens with one attached hydrogen (secondary N) is 4. The molecule has 3 aromatic carbocycles. The number of halogens is 1. The van der Waals surface area contributed by atoms with Gasteiger partial charge in [0.25, 0.3) is 17.7 Å². The third kappa shape index (κ3) is 7.61. The molecule has 192 valence electrons. The number of hydrogen-bond donors (Lipinski definition) is 4. The van der Waals surface area contributed by atoms with Crippen molar-refractivity contribution < 1.29 is 19.1 Å². The maximum Gasteiger partial charge on any atom is 0.269 e. The molecule has 0 bridgehead atoms. The topological polar surface area (TPSA) is 109 Å². The van der Waals surface area contributed by atoms with E-state index in [1.807, 2.05) is 12.1 Å². The molecular weight excluding hydrogens is 556 g/mol. The highest BCUT2D eigenvalue weighted by molar-refractivity contribution is 9.10. The first kappa shape index (κ1) is 27.8. The van der Waals surface area contributed by atoms with Crippen molar-refractivity contribution in [1.82, 2.24) is 16.2 Å². The predicted octanol–water partition coefficient (Wildman–Crippen LogP) is 4.96. The van der Waals surface area contributed by atoms with Crippen molar-refractivity contribution in [2.75, 3.05) is 12.4 Å². The lowest BCUT2D eigenvalue weighted by Gasteiger charge is -2.19. The molecule has 0 radical (unpaired) electrons. The highest BCUT2D eigenvalue weighted by atomic mass is 79.9. The standard InChI is InChI=1S/C27H27BrN4O4S/c1-27(2,3)18-9-5-16(6-10-18)23(33)29-20-12-7-17(8-13-20)24(34)31-32-26(37)30-25(35)21-15-19(28)11-14-22(21)36-4/h5-15H,1-4H3,(H,29,33)(H,31,34)(H2,30,32,35,37). The molecule has 0 aliphatic carbocycles. The number of anilines is 1. The number of carbonyl (C=O) groups is 3. The van der Waals surface area contributed by atoms with E-state index in [4.69, 9.17) is 17.0 Å². The lowest BCUT2D eigenvalue weighted by molar-refractivity contribution is 0.0934. The van der Waals surface area contributed by atoms with Crippen LogP contribution in [0.1, 0.15) is 57.4 Å². The zero-order valence-corrected chi connectivity index (χ0v) is 23.2. The molecule has 0 saturated heterocycles. The quantitative estimate of drug-likeness (QED) is 0.250. The molecule has 8 nitrogen and oxygen atoms in total. The molecule has 0 spiro atoms. The van der Waals surface area contributed by atoms with Crippen LogP contribution in [0, 0.1) is 0 Å². The summed E-state index contributed by atoms with van der Waals surface area (Å²) < 4.78 is 5.89. The van der Waals surface area contributed by atoms with Gasteiger partial charge in [-0.15, -0.1) is 0 Å². The van der Waals surface area contributed by atoms with Crippen molar-refractivity contribution in [2.24, 2.45) is 0 Å². The largest absolute Gasteiger partial charge is 0.496 e. The van der Waals surface area contributed by atoms with Crippen LogP contribution in [0.4, 0.5) is 5.69 Å². The average Bonchev–Trinajstić information content (AvgIpc) is 2.87. The van der Waals surface area contributed by atoms with Crippen molar-refractivity contribution in [1.29, 1.82) is 0 Å². The number of methoxy groups -OCH3 is 1. The molecule has 4 N–H and O–H groups in total. The van der Waals surface area contributed by atoms with Crippen LogP contribution in [0.2, 0.25) is 0 Å². The van der Waals surface area contributed by atoms with Crippen molar-refractivity contribution >= 4 is 56.7 Å². The fraction of sp³-hybridized carbons (Fsp3) is 0.185. The van der Waals surface area contributed by atoms with E-state index < -0.39 is 11.8 Å². The van der Waals surface area contributed by atoms with Gasteiger partial charge >= 0.3 is 0 Å². The first-order chi connectivity index (χ1) is 17.5. The smallest absolute Gasteiger partial charge is 0.269 e. The third-order valence-corrected chi connectivity index (χ3v) is 6.04. The van der Waals surface area contributed by atoms with Gasteiger partial charge in [0.2, 0.25) is 0 Å². The number of rotatable bonds is 5. The first-order valence-electron chi connectivity index (χ1n) is 11.2. The Morgan fingerprint density at radius 1 is 0.811 bits per heavy atom. The molecule has 0 unspecified atom stereocenters. The highest BCUT2D eigenvalue weighted by Crippen LogP contribution is 2.23. The summed E-state index contributed by atoms with van der Waals surface area (Å²) in [5, 5.41) is 5.20. The lowest BCUT2D eigenvalue weighted by Crippen LogP contribution is -2.48. The summed E-state index contributed by atoms with van der Waals surface area (Å²) in [5.41, 5.74) is 7.74. The van der Waals surface area contributed by atoms with Crippen LogP contribution in [0.25, 0.3) is 0 Å². The highest BCUT2D eigenvalue weighted by Gasteiger charge is 2.16. The molecule has 0 fully saturated rings. The van der Waals surface area contributed by atoms with E-state index in [1.54, 1.807) is 54.6 Å². The summed E-state index contributed by atoms with van der Waals surface area (Å²) in [6, 6.07) is 18.8. The summed E-state index contributed by atoms with van der Waals surface area (Å²) >= 11 is 8.41. The SMILES string of the molecule is COc1ccc(Br)cc1C(=O)NC(=S)NNC(=O)c1ccc(NC(=O)c2ccc(C(C)(C)C)cc2)cc1. The number of hydrazine groups is 1. The molecule has 10 heteroatoms. The zero-order valence-electron chi connectivity index (χ0n) is 20.8. The van der Waals surface area contributed by atoms with E-state index in [0.717, 1.165) is 5.56 Å². The lowest BCUT2D eigenvalue weighted by atomic mass is 9.87. The van der Waals surface area contributed by atoms with Crippen LogP contribution in [0.15, 0.2) is 71.2 Å². The van der Waals surface area contributed by atoms with E-state index in [-0.39, 0.29) is 22.0 Å².